The van der Waals surface area contributed by atoms with Crippen LogP contribution in [0.2, 0.25) is 0 Å². The number of pyridine rings is 1. The fourth-order valence-corrected chi connectivity index (χ4v) is 5.28. The van der Waals surface area contributed by atoms with Gasteiger partial charge in [0.25, 0.3) is 5.91 Å². The van der Waals surface area contributed by atoms with Gasteiger partial charge >= 0.3 is 22.4 Å². The van der Waals surface area contributed by atoms with Crippen molar-refractivity contribution in [2.45, 2.75) is 18.5 Å². The Morgan fingerprint density at radius 1 is 1.34 bits per heavy atom. The van der Waals surface area contributed by atoms with E-state index in [0.717, 1.165) is 28.9 Å². The number of carbonyl (C=O) groups is 3. The van der Waals surface area contributed by atoms with E-state index in [1.54, 1.807) is 12.4 Å². The smallest absolute Gasteiger partial charge is 0.418 e. The van der Waals surface area contributed by atoms with E-state index in [0.29, 0.717) is 28.5 Å². The number of fused-ring (bicyclic) bond motifs is 4. The van der Waals surface area contributed by atoms with E-state index >= 15 is 0 Å². The number of aromatic nitrogens is 1. The third-order valence-corrected chi connectivity index (χ3v) is 6.62. The highest BCUT2D eigenvalue weighted by molar-refractivity contribution is 7.80. The molecule has 14 heteroatoms. The van der Waals surface area contributed by atoms with Gasteiger partial charge in [0.1, 0.15) is 6.04 Å². The van der Waals surface area contributed by atoms with Crippen molar-refractivity contribution >= 4 is 39.6 Å². The number of hydrogen-bond acceptors (Lipinski definition) is 9. The van der Waals surface area contributed by atoms with Crippen LogP contribution in [0.3, 0.4) is 0 Å². The number of urea groups is 1. The van der Waals surface area contributed by atoms with Crippen molar-refractivity contribution in [3.63, 3.8) is 0 Å². The minimum absolute atomic E-state index is 0.0824. The summed E-state index contributed by atoms with van der Waals surface area (Å²) < 4.78 is 40.7. The summed E-state index contributed by atoms with van der Waals surface area (Å²) in [5.41, 5.74) is 1.37. The summed E-state index contributed by atoms with van der Waals surface area (Å²) in [6, 6.07) is 2.13. The second kappa shape index (κ2) is 8.46. The maximum absolute atomic E-state index is 12.7. The Labute approximate surface area is 186 Å². The van der Waals surface area contributed by atoms with E-state index in [1.165, 1.54) is 6.07 Å². The van der Waals surface area contributed by atoms with Gasteiger partial charge in [0.15, 0.2) is 6.04 Å². The van der Waals surface area contributed by atoms with Crippen molar-refractivity contribution in [3.8, 4) is 0 Å². The van der Waals surface area contributed by atoms with Crippen LogP contribution in [0.4, 0.5) is 4.79 Å². The van der Waals surface area contributed by atoms with E-state index in [9.17, 15) is 22.8 Å². The van der Waals surface area contributed by atoms with Crippen LogP contribution >= 0.6 is 11.3 Å². The van der Waals surface area contributed by atoms with E-state index in [-0.39, 0.29) is 17.3 Å². The zero-order valence-electron chi connectivity index (χ0n) is 16.6. The Kier molecular flexibility index (Phi) is 5.85. The Bertz CT molecular complexity index is 1170. The number of nitrogens with one attached hydrogen (secondary N) is 1. The molecule has 3 amide bonds. The summed E-state index contributed by atoms with van der Waals surface area (Å²) in [4.78, 5) is 43.4. The molecule has 2 aromatic heterocycles. The summed E-state index contributed by atoms with van der Waals surface area (Å²) in [6.07, 6.45) is 3.90. The molecule has 2 atom stereocenters. The van der Waals surface area contributed by atoms with E-state index in [1.807, 2.05) is 12.1 Å². The molecule has 12 nitrogen and oxygen atoms in total. The standard InChI is InChI=1S/C18H18N4O8S2/c1-29-17(24)14-15-11(12-9-21(14)18(25)22(12)30-32(26,27)28)8-13(31-15)16(23)20-7-4-10-2-5-19-6-3-10/h2-3,5-6,8,12,14H,4,7,9H2,1H3,(H,20,23)(H,26,27,28)/t12-,14?/m1/s1. The summed E-state index contributed by atoms with van der Waals surface area (Å²) in [7, 11) is -3.84. The van der Waals surface area contributed by atoms with Crippen LogP contribution in [0.1, 0.15) is 37.8 Å². The number of ether oxygens (including phenoxy) is 1. The van der Waals surface area contributed by atoms with Crippen molar-refractivity contribution in [2.75, 3.05) is 20.2 Å². The molecule has 0 aromatic carbocycles. The quantitative estimate of drug-likeness (QED) is 0.432. The average molecular weight is 482 g/mol. The average Bonchev–Trinajstić information content (AvgIpc) is 3.30. The van der Waals surface area contributed by atoms with Crippen molar-refractivity contribution in [1.82, 2.24) is 20.3 Å². The Balaban J connectivity index is 1.59. The molecule has 1 saturated heterocycles. The number of carbonyl (C=O) groups excluding carboxylic acids is 3. The van der Waals surface area contributed by atoms with Gasteiger partial charge < -0.3 is 15.0 Å². The van der Waals surface area contributed by atoms with Gasteiger partial charge in [0.05, 0.1) is 18.5 Å². The van der Waals surface area contributed by atoms with Crippen molar-refractivity contribution in [1.29, 1.82) is 0 Å². The Morgan fingerprint density at radius 3 is 2.72 bits per heavy atom. The van der Waals surface area contributed by atoms with Gasteiger partial charge in [-0.05, 0) is 35.7 Å². The van der Waals surface area contributed by atoms with Crippen LogP contribution in [0.5, 0.6) is 0 Å². The molecule has 0 saturated carbocycles. The lowest BCUT2D eigenvalue weighted by Crippen LogP contribution is -2.38. The lowest BCUT2D eigenvalue weighted by atomic mass is 9.99. The van der Waals surface area contributed by atoms with Gasteiger partial charge in [0.2, 0.25) is 0 Å². The Morgan fingerprint density at radius 2 is 2.06 bits per heavy atom. The molecule has 4 rings (SSSR count). The van der Waals surface area contributed by atoms with Gasteiger partial charge in [-0.2, -0.15) is 13.5 Å². The van der Waals surface area contributed by atoms with E-state index < -0.39 is 34.5 Å². The first-order chi connectivity index (χ1) is 15.2. The van der Waals surface area contributed by atoms with E-state index in [4.69, 9.17) is 9.29 Å². The molecular weight excluding hydrogens is 464 g/mol. The largest absolute Gasteiger partial charge is 0.467 e. The molecule has 2 aliphatic rings. The van der Waals surface area contributed by atoms with Gasteiger partial charge in [-0.1, -0.05) is 0 Å². The van der Waals surface area contributed by atoms with Crippen LogP contribution in [0, 0.1) is 0 Å². The third-order valence-electron chi connectivity index (χ3n) is 5.07. The molecule has 2 aromatic rings. The van der Waals surface area contributed by atoms with Gasteiger partial charge in [-0.3, -0.25) is 14.3 Å². The summed E-state index contributed by atoms with van der Waals surface area (Å²) in [5, 5.41) is 3.27. The number of hydroxylamine groups is 2. The summed E-state index contributed by atoms with van der Waals surface area (Å²) >= 11 is 1.00. The highest BCUT2D eigenvalue weighted by Gasteiger charge is 2.53. The molecule has 0 spiro atoms. The second-order valence-electron chi connectivity index (χ2n) is 7.00. The van der Waals surface area contributed by atoms with Gasteiger partial charge in [-0.15, -0.1) is 15.6 Å². The predicted molar refractivity (Wildman–Crippen MR) is 109 cm³/mol. The van der Waals surface area contributed by atoms with Crippen LogP contribution < -0.4 is 5.32 Å². The molecular formula is C18H18N4O8S2. The first kappa shape index (κ1) is 22.1. The zero-order valence-corrected chi connectivity index (χ0v) is 18.3. The monoisotopic (exact) mass is 482 g/mol. The first-order valence-electron chi connectivity index (χ1n) is 9.35. The molecule has 2 N–H and O–H groups in total. The third kappa shape index (κ3) is 4.17. The molecule has 4 heterocycles. The number of esters is 1. The Hall–Kier alpha value is -3.07. The fourth-order valence-electron chi connectivity index (χ4n) is 3.67. The van der Waals surface area contributed by atoms with Crippen LogP contribution in [0.15, 0.2) is 30.6 Å². The predicted octanol–water partition coefficient (Wildman–Crippen LogP) is 0.856. The minimum Gasteiger partial charge on any atom is -0.467 e. The minimum atomic E-state index is -4.99. The number of amides is 3. The van der Waals surface area contributed by atoms with Crippen LogP contribution in [-0.2, 0) is 30.6 Å². The molecule has 0 aliphatic carbocycles. The van der Waals surface area contributed by atoms with Gasteiger partial charge in [0, 0.05) is 23.8 Å². The summed E-state index contributed by atoms with van der Waals surface area (Å²) in [6.45, 7) is 0.277. The normalized spacial score (nSPS) is 19.6. The molecule has 170 valence electrons. The van der Waals surface area contributed by atoms with E-state index in [2.05, 4.69) is 14.6 Å². The number of rotatable bonds is 7. The maximum atomic E-state index is 12.7. The van der Waals surface area contributed by atoms with Crippen molar-refractivity contribution in [3.05, 3.63) is 51.5 Å². The molecule has 0 radical (unpaired) electrons. The molecule has 1 unspecified atom stereocenters. The number of nitrogens with zero attached hydrogens (tertiary/aromatic N) is 3. The number of hydrogen-bond donors (Lipinski definition) is 2. The molecule has 32 heavy (non-hydrogen) atoms. The van der Waals surface area contributed by atoms with Gasteiger partial charge in [-0.25, -0.2) is 9.59 Å². The number of thiophene rings is 1. The first-order valence-corrected chi connectivity index (χ1v) is 11.5. The van der Waals surface area contributed by atoms with Crippen molar-refractivity contribution < 1.29 is 36.4 Å². The molecule has 2 aliphatic heterocycles. The highest BCUT2D eigenvalue weighted by atomic mass is 32.3. The van der Waals surface area contributed by atoms with Crippen molar-refractivity contribution in [2.24, 2.45) is 0 Å². The lowest BCUT2D eigenvalue weighted by Gasteiger charge is -2.28. The summed E-state index contributed by atoms with van der Waals surface area (Å²) in [5.74, 6) is -1.14. The molecule has 2 bridgehead atoms. The molecule has 1 fully saturated rings. The topological polar surface area (TPSA) is 155 Å². The van der Waals surface area contributed by atoms with Crippen LogP contribution in [0.25, 0.3) is 0 Å². The fraction of sp³-hybridized carbons (Fsp3) is 0.333. The SMILES string of the molecule is COC(=O)C1c2sc(C(=O)NCCc3ccncc3)cc2[C@H]2CN1C(=O)N2OS(=O)(=O)O. The lowest BCUT2D eigenvalue weighted by molar-refractivity contribution is -0.146. The highest BCUT2D eigenvalue weighted by Crippen LogP contribution is 2.48. The zero-order chi connectivity index (χ0) is 23.0. The second-order valence-corrected chi connectivity index (χ2v) is 9.08. The maximum Gasteiger partial charge on any atom is 0.418 e. The van der Waals surface area contributed by atoms with Crippen LogP contribution in [-0.4, -0.2) is 66.0 Å². The number of methoxy groups -OCH3 is 1.